The highest BCUT2D eigenvalue weighted by molar-refractivity contribution is 5.30. The highest BCUT2D eigenvalue weighted by Crippen LogP contribution is 2.89. The predicted octanol–water partition coefficient (Wildman–Crippen LogP) is 7.14. The molecular weight excluding hydrogens is 392 g/mol. The maximum absolute atomic E-state index is 11.1. The Morgan fingerprint density at radius 2 is 1.56 bits per heavy atom. The number of allylic oxidation sites excluding steroid dienone is 1. The van der Waals surface area contributed by atoms with E-state index in [0.29, 0.717) is 39.4 Å². The van der Waals surface area contributed by atoms with Crippen molar-refractivity contribution in [3.8, 4) is 0 Å². The molecule has 0 bridgehead atoms. The molecule has 2 nitrogen and oxygen atoms in total. The van der Waals surface area contributed by atoms with Gasteiger partial charge in [0.1, 0.15) is 0 Å². The fraction of sp³-hybridized carbons (Fsp3) is 0.933. The molecule has 0 aliphatic heterocycles. The van der Waals surface area contributed by atoms with Crippen LogP contribution in [0, 0.1) is 50.7 Å². The van der Waals surface area contributed by atoms with Gasteiger partial charge in [-0.1, -0.05) is 40.2 Å². The molecule has 0 radical (unpaired) electrons. The van der Waals surface area contributed by atoms with E-state index in [0.717, 1.165) is 25.2 Å². The summed E-state index contributed by atoms with van der Waals surface area (Å²) in [6, 6.07) is 0. The van der Waals surface area contributed by atoms with Crippen LogP contribution in [0.3, 0.4) is 0 Å². The van der Waals surface area contributed by atoms with E-state index in [1.807, 2.05) is 0 Å². The monoisotopic (exact) mass is 442 g/mol. The van der Waals surface area contributed by atoms with Crippen LogP contribution >= 0.6 is 0 Å². The molecule has 5 rings (SSSR count). The smallest absolute Gasteiger partial charge is 0.0594 e. The molecule has 2 N–H and O–H groups in total. The van der Waals surface area contributed by atoms with Gasteiger partial charge in [-0.15, -0.1) is 6.58 Å². The van der Waals surface area contributed by atoms with Gasteiger partial charge >= 0.3 is 0 Å². The second-order valence-electron chi connectivity index (χ2n) is 14.4. The number of rotatable bonds is 5. The van der Waals surface area contributed by atoms with E-state index in [2.05, 4.69) is 48.1 Å². The molecular formula is C30H50O2. The lowest BCUT2D eigenvalue weighted by Crippen LogP contribution is -2.57. The van der Waals surface area contributed by atoms with Crippen molar-refractivity contribution in [3.05, 3.63) is 12.2 Å². The zero-order chi connectivity index (χ0) is 23.3. The fourth-order valence-electron chi connectivity index (χ4n) is 11.2. The summed E-state index contributed by atoms with van der Waals surface area (Å²) in [5, 5.41) is 21.9. The first-order valence-electron chi connectivity index (χ1n) is 13.9. The van der Waals surface area contributed by atoms with Crippen molar-refractivity contribution in [1.29, 1.82) is 0 Å². The van der Waals surface area contributed by atoms with Gasteiger partial charge in [0.25, 0.3) is 0 Å². The first-order chi connectivity index (χ1) is 14.9. The molecule has 2 spiro atoms. The van der Waals surface area contributed by atoms with E-state index in [1.165, 1.54) is 56.9 Å². The van der Waals surface area contributed by atoms with Gasteiger partial charge in [-0.3, -0.25) is 0 Å². The third kappa shape index (κ3) is 2.72. The highest BCUT2D eigenvalue weighted by Gasteiger charge is 2.82. The van der Waals surface area contributed by atoms with Crippen LogP contribution in [0.4, 0.5) is 0 Å². The summed E-state index contributed by atoms with van der Waals surface area (Å²) < 4.78 is 0. The zero-order valence-corrected chi connectivity index (χ0v) is 21.8. The topological polar surface area (TPSA) is 40.5 Å². The Bertz CT molecular complexity index is 786. The quantitative estimate of drug-likeness (QED) is 0.444. The van der Waals surface area contributed by atoms with Crippen molar-refractivity contribution in [3.63, 3.8) is 0 Å². The van der Waals surface area contributed by atoms with Crippen LogP contribution in [0.2, 0.25) is 0 Å². The number of aliphatic hydroxyl groups is 2. The van der Waals surface area contributed by atoms with Gasteiger partial charge in [-0.05, 0) is 128 Å². The van der Waals surface area contributed by atoms with Crippen molar-refractivity contribution in [2.24, 2.45) is 50.7 Å². The third-order valence-electron chi connectivity index (χ3n) is 13.3. The van der Waals surface area contributed by atoms with Crippen molar-refractivity contribution < 1.29 is 10.2 Å². The molecule has 0 aromatic carbocycles. The molecule has 5 aliphatic carbocycles. The molecule has 2 heteroatoms. The molecule has 10 atom stereocenters. The number of fused-ring (bicyclic) bond motifs is 2. The van der Waals surface area contributed by atoms with Crippen LogP contribution < -0.4 is 0 Å². The third-order valence-corrected chi connectivity index (χ3v) is 13.3. The van der Waals surface area contributed by atoms with E-state index in [9.17, 15) is 10.2 Å². The van der Waals surface area contributed by atoms with E-state index in [-0.39, 0.29) is 17.6 Å². The summed E-state index contributed by atoms with van der Waals surface area (Å²) in [6.07, 6.45) is 13.3. The lowest BCUT2D eigenvalue weighted by atomic mass is 9.41. The zero-order valence-electron chi connectivity index (χ0n) is 21.8. The van der Waals surface area contributed by atoms with Crippen LogP contribution in [0.15, 0.2) is 12.2 Å². The lowest BCUT2D eigenvalue weighted by Gasteiger charge is -2.63. The van der Waals surface area contributed by atoms with E-state index < -0.39 is 0 Å². The number of hydrogen-bond donors (Lipinski definition) is 2. The van der Waals surface area contributed by atoms with Gasteiger partial charge in [0.2, 0.25) is 0 Å². The Morgan fingerprint density at radius 1 is 0.906 bits per heavy atom. The second kappa shape index (κ2) is 7.09. The predicted molar refractivity (Wildman–Crippen MR) is 132 cm³/mol. The highest BCUT2D eigenvalue weighted by atomic mass is 16.3. The first kappa shape index (κ1) is 23.4. The van der Waals surface area contributed by atoms with Gasteiger partial charge in [0, 0.05) is 0 Å². The average molecular weight is 443 g/mol. The Hall–Kier alpha value is -0.340. The van der Waals surface area contributed by atoms with Crippen molar-refractivity contribution in [2.45, 2.75) is 124 Å². The number of aliphatic hydroxyl groups excluding tert-OH is 2. The Kier molecular flexibility index (Phi) is 5.19. The lowest BCUT2D eigenvalue weighted by molar-refractivity contribution is -0.164. The molecule has 32 heavy (non-hydrogen) atoms. The van der Waals surface area contributed by atoms with Gasteiger partial charge in [0.15, 0.2) is 0 Å². The van der Waals surface area contributed by atoms with Crippen LogP contribution in [0.5, 0.6) is 0 Å². The normalized spacial score (nSPS) is 52.8. The minimum absolute atomic E-state index is 0.0779. The summed E-state index contributed by atoms with van der Waals surface area (Å²) in [4.78, 5) is 0. The molecule has 0 saturated heterocycles. The minimum atomic E-state index is -0.199. The Labute approximate surface area is 197 Å². The van der Waals surface area contributed by atoms with Crippen molar-refractivity contribution in [2.75, 3.05) is 0 Å². The Morgan fingerprint density at radius 3 is 2.25 bits per heavy atom. The standard InChI is InChI=1S/C30H50O2/c1-19(2)8-9-22(31)20(3)21-12-14-28(7)24-11-10-23-26(4,5)25(32)13-15-29(23)18-30(24,29)17-16-27(21,28)6/h20-25,31-32H,1,8-18H2,2-7H3. The van der Waals surface area contributed by atoms with Gasteiger partial charge in [0.05, 0.1) is 12.2 Å². The molecule has 0 aromatic rings. The SMILES string of the molecule is C=C(C)CCC(O)C(C)C1CCC2(C)C3CCC4C(C)(C)C(O)CCC45CC35CCC12C. The van der Waals surface area contributed by atoms with Gasteiger partial charge in [-0.2, -0.15) is 0 Å². The molecule has 5 fully saturated rings. The van der Waals surface area contributed by atoms with Crippen LogP contribution in [-0.2, 0) is 0 Å². The molecule has 182 valence electrons. The van der Waals surface area contributed by atoms with Crippen LogP contribution in [0.1, 0.15) is 112 Å². The Balaban J connectivity index is 1.41. The number of hydrogen-bond acceptors (Lipinski definition) is 2. The first-order valence-corrected chi connectivity index (χ1v) is 13.9. The summed E-state index contributed by atoms with van der Waals surface area (Å²) in [7, 11) is 0. The molecule has 0 aromatic heterocycles. The van der Waals surface area contributed by atoms with Gasteiger partial charge in [-0.25, -0.2) is 0 Å². The van der Waals surface area contributed by atoms with Gasteiger partial charge < -0.3 is 10.2 Å². The fourth-order valence-corrected chi connectivity index (χ4v) is 11.2. The minimum Gasteiger partial charge on any atom is -0.393 e. The van der Waals surface area contributed by atoms with Crippen LogP contribution in [0.25, 0.3) is 0 Å². The molecule has 5 aliphatic rings. The molecule has 0 amide bonds. The average Bonchev–Trinajstić information content (AvgIpc) is 3.31. The molecule has 5 saturated carbocycles. The summed E-state index contributed by atoms with van der Waals surface area (Å²) in [5.74, 6) is 2.58. The maximum atomic E-state index is 11.1. The van der Waals surface area contributed by atoms with Crippen LogP contribution in [-0.4, -0.2) is 22.4 Å². The van der Waals surface area contributed by atoms with E-state index >= 15 is 0 Å². The van der Waals surface area contributed by atoms with E-state index in [4.69, 9.17) is 0 Å². The maximum Gasteiger partial charge on any atom is 0.0594 e. The summed E-state index contributed by atoms with van der Waals surface area (Å²) in [6.45, 7) is 18.5. The summed E-state index contributed by atoms with van der Waals surface area (Å²) >= 11 is 0. The van der Waals surface area contributed by atoms with E-state index in [1.54, 1.807) is 0 Å². The largest absolute Gasteiger partial charge is 0.393 e. The molecule has 0 heterocycles. The summed E-state index contributed by atoms with van der Waals surface area (Å²) in [5.41, 5.74) is 3.11. The van der Waals surface area contributed by atoms with Crippen molar-refractivity contribution >= 4 is 0 Å². The second-order valence-corrected chi connectivity index (χ2v) is 14.4. The van der Waals surface area contributed by atoms with Crippen molar-refractivity contribution in [1.82, 2.24) is 0 Å². The molecule has 10 unspecified atom stereocenters.